The molecule has 3 aliphatic rings. The van der Waals surface area contributed by atoms with Crippen molar-refractivity contribution in [1.82, 2.24) is 15.5 Å². The number of rotatable bonds is 1. The van der Waals surface area contributed by atoms with E-state index in [4.69, 9.17) is 0 Å². The minimum Gasteiger partial charge on any atom is -0.336 e. The molecular formula is C10H13N3OS. The summed E-state index contributed by atoms with van der Waals surface area (Å²) in [7, 11) is 0. The first-order chi connectivity index (χ1) is 7.34. The third kappa shape index (κ3) is 1.55. The zero-order valence-corrected chi connectivity index (χ0v) is 9.09. The minimum absolute atomic E-state index is 0.0483. The van der Waals surface area contributed by atoms with E-state index in [0.29, 0.717) is 6.04 Å². The zero-order chi connectivity index (χ0) is 10.3. The normalized spacial score (nSPS) is 34.0. The van der Waals surface area contributed by atoms with Crippen LogP contribution in [-0.4, -0.2) is 35.6 Å². The molecule has 2 atom stereocenters. The van der Waals surface area contributed by atoms with Crippen molar-refractivity contribution in [2.45, 2.75) is 18.0 Å². The maximum atomic E-state index is 11.5. The lowest BCUT2D eigenvalue weighted by Gasteiger charge is -2.21. The van der Waals surface area contributed by atoms with Crippen LogP contribution in [0.15, 0.2) is 23.1 Å². The molecule has 15 heavy (non-hydrogen) atoms. The van der Waals surface area contributed by atoms with Crippen LogP contribution in [0.2, 0.25) is 0 Å². The number of carbonyl (C=O) groups is 1. The smallest absolute Gasteiger partial charge is 0.319 e. The van der Waals surface area contributed by atoms with Crippen molar-refractivity contribution < 1.29 is 4.79 Å². The lowest BCUT2D eigenvalue weighted by molar-refractivity contribution is 0.207. The molecule has 2 amide bonds. The van der Waals surface area contributed by atoms with E-state index in [-0.39, 0.29) is 11.5 Å². The number of thioether (sulfide) groups is 1. The van der Waals surface area contributed by atoms with Crippen LogP contribution < -0.4 is 10.6 Å². The Labute approximate surface area is 92.8 Å². The van der Waals surface area contributed by atoms with Gasteiger partial charge in [-0.15, -0.1) is 0 Å². The Morgan fingerprint density at radius 1 is 1.53 bits per heavy atom. The van der Waals surface area contributed by atoms with E-state index >= 15 is 0 Å². The fourth-order valence-electron chi connectivity index (χ4n) is 2.08. The highest BCUT2D eigenvalue weighted by Crippen LogP contribution is 2.36. The van der Waals surface area contributed by atoms with Crippen LogP contribution in [-0.2, 0) is 0 Å². The topological polar surface area (TPSA) is 44.4 Å². The number of urea groups is 1. The summed E-state index contributed by atoms with van der Waals surface area (Å²) in [5, 5.41) is 6.30. The van der Waals surface area contributed by atoms with E-state index in [1.165, 1.54) is 4.91 Å². The van der Waals surface area contributed by atoms with E-state index in [2.05, 4.69) is 28.9 Å². The molecule has 0 bridgehead atoms. The van der Waals surface area contributed by atoms with Crippen molar-refractivity contribution in [2.24, 2.45) is 0 Å². The number of carbonyl (C=O) groups excluding carboxylic acids is 1. The molecule has 0 spiro atoms. The van der Waals surface area contributed by atoms with Gasteiger partial charge in [-0.1, -0.05) is 30.0 Å². The summed E-state index contributed by atoms with van der Waals surface area (Å²) in [6, 6.07) is 0.464. The van der Waals surface area contributed by atoms with Gasteiger partial charge in [0.2, 0.25) is 0 Å². The number of hydrogen-bond donors (Lipinski definition) is 2. The summed E-state index contributed by atoms with van der Waals surface area (Å²) in [6.45, 7) is 1.57. The van der Waals surface area contributed by atoms with Crippen LogP contribution in [0.4, 0.5) is 4.79 Å². The van der Waals surface area contributed by atoms with E-state index < -0.39 is 0 Å². The van der Waals surface area contributed by atoms with Crippen molar-refractivity contribution in [1.29, 1.82) is 0 Å². The van der Waals surface area contributed by atoms with E-state index in [0.717, 1.165) is 19.5 Å². The van der Waals surface area contributed by atoms with Crippen molar-refractivity contribution in [3.8, 4) is 0 Å². The third-order valence-corrected chi connectivity index (χ3v) is 4.18. The highest BCUT2D eigenvalue weighted by atomic mass is 32.2. The van der Waals surface area contributed by atoms with Gasteiger partial charge in [0.25, 0.3) is 0 Å². The predicted molar refractivity (Wildman–Crippen MR) is 60.2 cm³/mol. The summed E-state index contributed by atoms with van der Waals surface area (Å²) < 4.78 is 0. The second kappa shape index (κ2) is 3.57. The van der Waals surface area contributed by atoms with Crippen LogP contribution in [0, 0.1) is 0 Å². The standard InChI is InChI=1S/C10H13N3OS/c14-9-11-5-6-13(9)10-12-7-3-1-2-4-8(7)15-10/h1-2,4,7,10,12H,3,5-6H2,(H,11,14). The van der Waals surface area contributed by atoms with Crippen molar-refractivity contribution in [2.75, 3.05) is 13.1 Å². The Morgan fingerprint density at radius 2 is 2.47 bits per heavy atom. The highest BCUT2D eigenvalue weighted by Gasteiger charge is 2.36. The maximum absolute atomic E-state index is 11.5. The van der Waals surface area contributed by atoms with Gasteiger partial charge in [0.05, 0.1) is 0 Å². The van der Waals surface area contributed by atoms with Gasteiger partial charge in [0, 0.05) is 24.0 Å². The first kappa shape index (κ1) is 9.30. The molecule has 5 heteroatoms. The molecule has 2 heterocycles. The third-order valence-electron chi connectivity index (χ3n) is 2.88. The number of nitrogens with zero attached hydrogens (tertiary/aromatic N) is 1. The molecule has 0 radical (unpaired) electrons. The second-order valence-electron chi connectivity index (χ2n) is 3.85. The molecule has 0 aromatic rings. The Kier molecular flexibility index (Phi) is 2.21. The van der Waals surface area contributed by atoms with Gasteiger partial charge in [0.15, 0.2) is 0 Å². The fraction of sp³-hybridized carbons (Fsp3) is 0.500. The van der Waals surface area contributed by atoms with Gasteiger partial charge in [-0.25, -0.2) is 4.79 Å². The van der Waals surface area contributed by atoms with E-state index in [1.54, 1.807) is 11.8 Å². The van der Waals surface area contributed by atoms with Gasteiger partial charge in [-0.3, -0.25) is 10.2 Å². The Morgan fingerprint density at radius 3 is 3.20 bits per heavy atom. The number of nitrogens with one attached hydrogen (secondary N) is 2. The van der Waals surface area contributed by atoms with Gasteiger partial charge in [0.1, 0.15) is 5.50 Å². The maximum Gasteiger partial charge on any atom is 0.319 e. The molecule has 2 unspecified atom stereocenters. The highest BCUT2D eigenvalue weighted by molar-refractivity contribution is 8.04. The van der Waals surface area contributed by atoms with Crippen LogP contribution in [0.1, 0.15) is 6.42 Å². The largest absolute Gasteiger partial charge is 0.336 e. The molecule has 1 aliphatic carbocycles. The average Bonchev–Trinajstić information content (AvgIpc) is 2.82. The lowest BCUT2D eigenvalue weighted by atomic mass is 10.1. The van der Waals surface area contributed by atoms with Gasteiger partial charge < -0.3 is 5.32 Å². The van der Waals surface area contributed by atoms with Gasteiger partial charge in [-0.05, 0) is 6.42 Å². The number of allylic oxidation sites excluding steroid dienone is 2. The predicted octanol–water partition coefficient (Wildman–Crippen LogP) is 0.844. The molecule has 0 aromatic carbocycles. The lowest BCUT2D eigenvalue weighted by Crippen LogP contribution is -2.44. The minimum atomic E-state index is 0.0483. The van der Waals surface area contributed by atoms with Crippen LogP contribution in [0.5, 0.6) is 0 Å². The number of hydrogen-bond acceptors (Lipinski definition) is 3. The Hall–Kier alpha value is -0.940. The van der Waals surface area contributed by atoms with Gasteiger partial charge in [-0.2, -0.15) is 0 Å². The SMILES string of the molecule is O=C1NCCN1C1NC2CC=CC=C2S1. The first-order valence-electron chi connectivity index (χ1n) is 5.18. The summed E-state index contributed by atoms with van der Waals surface area (Å²) in [5.74, 6) is 0. The van der Waals surface area contributed by atoms with E-state index in [9.17, 15) is 4.79 Å². The Balaban J connectivity index is 1.73. The fourth-order valence-corrected chi connectivity index (χ4v) is 3.38. The monoisotopic (exact) mass is 223 g/mol. The van der Waals surface area contributed by atoms with Crippen LogP contribution in [0.3, 0.4) is 0 Å². The summed E-state index contributed by atoms with van der Waals surface area (Å²) in [6.07, 6.45) is 7.42. The molecule has 0 saturated carbocycles. The summed E-state index contributed by atoms with van der Waals surface area (Å²) in [4.78, 5) is 14.7. The molecule has 2 N–H and O–H groups in total. The molecule has 80 valence electrons. The summed E-state index contributed by atoms with van der Waals surface area (Å²) >= 11 is 1.76. The molecule has 2 aliphatic heterocycles. The molecular weight excluding hydrogens is 210 g/mol. The molecule has 0 aromatic heterocycles. The van der Waals surface area contributed by atoms with E-state index in [1.807, 2.05) is 4.90 Å². The number of fused-ring (bicyclic) bond motifs is 1. The average molecular weight is 223 g/mol. The first-order valence-corrected chi connectivity index (χ1v) is 6.06. The Bertz CT molecular complexity index is 353. The van der Waals surface area contributed by atoms with Gasteiger partial charge >= 0.3 is 6.03 Å². The zero-order valence-electron chi connectivity index (χ0n) is 8.27. The summed E-state index contributed by atoms with van der Waals surface area (Å²) in [5.41, 5.74) is 0.114. The quantitative estimate of drug-likeness (QED) is 0.692. The van der Waals surface area contributed by atoms with Crippen molar-refractivity contribution in [3.63, 3.8) is 0 Å². The van der Waals surface area contributed by atoms with Crippen molar-refractivity contribution >= 4 is 17.8 Å². The second-order valence-corrected chi connectivity index (χ2v) is 5.00. The molecule has 4 nitrogen and oxygen atoms in total. The number of amides is 2. The molecule has 3 rings (SSSR count). The molecule has 2 saturated heterocycles. The van der Waals surface area contributed by atoms with Crippen LogP contribution >= 0.6 is 11.8 Å². The van der Waals surface area contributed by atoms with Crippen LogP contribution in [0.25, 0.3) is 0 Å². The van der Waals surface area contributed by atoms with Crippen molar-refractivity contribution in [3.05, 3.63) is 23.1 Å². The molecule has 2 fully saturated rings.